The van der Waals surface area contributed by atoms with Crippen molar-refractivity contribution < 1.29 is 49.3 Å². The first-order chi connectivity index (χ1) is 17.3. The van der Waals surface area contributed by atoms with E-state index in [9.17, 15) is 30.3 Å². The smallest absolute Gasteiger partial charge is 0.217 e. The molecular formula is C25H33NO10. The lowest BCUT2D eigenvalue weighted by Crippen LogP contribution is -2.64. The standard InChI is InChI=1S/C25H33NO10/c1-13(29)26-20-18(30)9-17(10-27)34-24(20)36-23-21(31)19(11-28)35-25(22(23)32)33-12-14-6-7-15-4-2-3-5-16(15)8-14/h2-8,17-25,27-28,30-32H,9-12H2,1H3,(H,26,29)/t17-,18-,19+,20+,21-,22+,23-,24-,25+/m0/s1. The molecule has 0 aliphatic carbocycles. The summed E-state index contributed by atoms with van der Waals surface area (Å²) >= 11 is 0. The summed E-state index contributed by atoms with van der Waals surface area (Å²) in [7, 11) is 0. The van der Waals surface area contributed by atoms with Gasteiger partial charge in [-0.15, -0.1) is 0 Å². The van der Waals surface area contributed by atoms with E-state index >= 15 is 0 Å². The molecule has 11 nitrogen and oxygen atoms in total. The molecule has 0 saturated carbocycles. The molecule has 9 atom stereocenters. The van der Waals surface area contributed by atoms with Crippen LogP contribution in [0.4, 0.5) is 0 Å². The molecular weight excluding hydrogens is 474 g/mol. The first kappa shape index (κ1) is 26.9. The number of ether oxygens (including phenoxy) is 4. The number of benzene rings is 2. The number of carbonyl (C=O) groups is 1. The van der Waals surface area contributed by atoms with Gasteiger partial charge in [-0.1, -0.05) is 36.4 Å². The Morgan fingerprint density at radius 2 is 1.75 bits per heavy atom. The Morgan fingerprint density at radius 3 is 2.44 bits per heavy atom. The van der Waals surface area contributed by atoms with Crippen LogP contribution in [-0.2, 0) is 30.3 Å². The van der Waals surface area contributed by atoms with Crippen LogP contribution in [0.5, 0.6) is 0 Å². The van der Waals surface area contributed by atoms with Crippen LogP contribution in [0, 0.1) is 0 Å². The van der Waals surface area contributed by atoms with Gasteiger partial charge < -0.3 is 49.8 Å². The van der Waals surface area contributed by atoms with Gasteiger partial charge in [-0.3, -0.25) is 4.79 Å². The number of amides is 1. The van der Waals surface area contributed by atoms with Crippen LogP contribution in [0.3, 0.4) is 0 Å². The second-order valence-electron chi connectivity index (χ2n) is 9.14. The van der Waals surface area contributed by atoms with E-state index in [1.807, 2.05) is 42.5 Å². The molecule has 2 saturated heterocycles. The van der Waals surface area contributed by atoms with Crippen LogP contribution in [0.2, 0.25) is 0 Å². The molecule has 0 spiro atoms. The molecule has 0 bridgehead atoms. The lowest BCUT2D eigenvalue weighted by molar-refractivity contribution is -0.342. The highest BCUT2D eigenvalue weighted by Crippen LogP contribution is 2.30. The van der Waals surface area contributed by atoms with Gasteiger partial charge >= 0.3 is 0 Å². The minimum Gasteiger partial charge on any atom is -0.394 e. The summed E-state index contributed by atoms with van der Waals surface area (Å²) in [6.07, 6.45) is -9.87. The Balaban J connectivity index is 1.49. The van der Waals surface area contributed by atoms with E-state index in [1.165, 1.54) is 6.92 Å². The number of fused-ring (bicyclic) bond motifs is 1. The normalized spacial score (nSPS) is 35.0. The Labute approximate surface area is 208 Å². The number of hydrogen-bond acceptors (Lipinski definition) is 10. The van der Waals surface area contributed by atoms with E-state index in [2.05, 4.69) is 5.32 Å². The van der Waals surface area contributed by atoms with Gasteiger partial charge in [0.15, 0.2) is 12.6 Å². The van der Waals surface area contributed by atoms with Gasteiger partial charge in [0.1, 0.15) is 30.5 Å². The van der Waals surface area contributed by atoms with Crippen molar-refractivity contribution in [1.82, 2.24) is 5.32 Å². The van der Waals surface area contributed by atoms with Crippen LogP contribution in [0.1, 0.15) is 18.9 Å². The van der Waals surface area contributed by atoms with E-state index in [-0.39, 0.29) is 13.0 Å². The third kappa shape index (κ3) is 6.02. The highest BCUT2D eigenvalue weighted by atomic mass is 16.7. The summed E-state index contributed by atoms with van der Waals surface area (Å²) in [5.74, 6) is -0.448. The van der Waals surface area contributed by atoms with Gasteiger partial charge in [0, 0.05) is 13.3 Å². The van der Waals surface area contributed by atoms with Crippen molar-refractivity contribution in [3.8, 4) is 0 Å². The monoisotopic (exact) mass is 507 g/mol. The predicted molar refractivity (Wildman–Crippen MR) is 125 cm³/mol. The molecule has 198 valence electrons. The first-order valence-corrected chi connectivity index (χ1v) is 11.9. The van der Waals surface area contributed by atoms with Gasteiger partial charge in [-0.05, 0) is 22.4 Å². The maximum atomic E-state index is 11.7. The Morgan fingerprint density at radius 1 is 1.00 bits per heavy atom. The predicted octanol–water partition coefficient (Wildman–Crippen LogP) is -0.846. The van der Waals surface area contributed by atoms with Gasteiger partial charge in [0.2, 0.25) is 5.91 Å². The quantitative estimate of drug-likeness (QED) is 0.265. The van der Waals surface area contributed by atoms with Crippen LogP contribution < -0.4 is 5.32 Å². The van der Waals surface area contributed by atoms with Crippen LogP contribution >= 0.6 is 0 Å². The van der Waals surface area contributed by atoms with Crippen LogP contribution in [0.25, 0.3) is 10.8 Å². The Bertz CT molecular complexity index is 1020. The fourth-order valence-electron chi connectivity index (χ4n) is 4.57. The Kier molecular flexibility index (Phi) is 8.88. The van der Waals surface area contributed by atoms with Crippen molar-refractivity contribution in [1.29, 1.82) is 0 Å². The maximum Gasteiger partial charge on any atom is 0.217 e. The molecule has 2 aromatic rings. The highest BCUT2D eigenvalue weighted by Gasteiger charge is 2.49. The summed E-state index contributed by atoms with van der Waals surface area (Å²) < 4.78 is 22.9. The molecule has 2 aromatic carbocycles. The number of aliphatic hydroxyl groups is 5. The Hall–Kier alpha value is -2.19. The number of hydrogen-bond donors (Lipinski definition) is 6. The van der Waals surface area contributed by atoms with Gasteiger partial charge in [0.05, 0.1) is 32.0 Å². The summed E-state index contributed by atoms with van der Waals surface area (Å²) in [6, 6.07) is 12.6. The minimum atomic E-state index is -1.50. The maximum absolute atomic E-state index is 11.7. The molecule has 0 aromatic heterocycles. The molecule has 0 radical (unpaired) electrons. The van der Waals surface area contributed by atoms with Crippen LogP contribution in [-0.4, -0.2) is 99.9 Å². The number of carbonyl (C=O) groups excluding carboxylic acids is 1. The molecule has 4 rings (SSSR count). The number of rotatable bonds is 8. The van der Waals surface area contributed by atoms with E-state index < -0.39 is 74.4 Å². The van der Waals surface area contributed by atoms with Crippen LogP contribution in [0.15, 0.2) is 42.5 Å². The van der Waals surface area contributed by atoms with E-state index in [1.54, 1.807) is 0 Å². The van der Waals surface area contributed by atoms with Gasteiger partial charge in [0.25, 0.3) is 0 Å². The molecule has 1 amide bonds. The summed E-state index contributed by atoms with van der Waals surface area (Å²) in [5.41, 5.74) is 0.823. The first-order valence-electron chi connectivity index (χ1n) is 11.9. The lowest BCUT2D eigenvalue weighted by atomic mass is 9.97. The van der Waals surface area contributed by atoms with E-state index in [0.717, 1.165) is 16.3 Å². The van der Waals surface area contributed by atoms with Crippen molar-refractivity contribution in [3.63, 3.8) is 0 Å². The van der Waals surface area contributed by atoms with Crippen molar-refractivity contribution in [2.75, 3.05) is 13.2 Å². The molecule has 2 heterocycles. The zero-order valence-electron chi connectivity index (χ0n) is 19.8. The molecule has 2 fully saturated rings. The molecule has 6 N–H and O–H groups in total. The second-order valence-corrected chi connectivity index (χ2v) is 9.14. The molecule has 0 unspecified atom stereocenters. The summed E-state index contributed by atoms with van der Waals surface area (Å²) in [6.45, 7) is 0.358. The molecule has 11 heteroatoms. The minimum absolute atomic E-state index is 0.0525. The highest BCUT2D eigenvalue weighted by molar-refractivity contribution is 5.82. The summed E-state index contributed by atoms with van der Waals surface area (Å²) in [4.78, 5) is 11.7. The number of nitrogens with one attached hydrogen (secondary N) is 1. The largest absolute Gasteiger partial charge is 0.394 e. The van der Waals surface area contributed by atoms with Crippen molar-refractivity contribution in [3.05, 3.63) is 48.0 Å². The van der Waals surface area contributed by atoms with E-state index in [4.69, 9.17) is 18.9 Å². The van der Waals surface area contributed by atoms with E-state index in [0.29, 0.717) is 0 Å². The SMILES string of the molecule is CC(=O)N[C@H]1[C@H](O[C@H]2[C@@H](O)[C@@H](CO)O[C@@H](OCc3ccc4ccccc4c3)[C@@H]2O)O[C@H](CO)C[C@@H]1O. The van der Waals surface area contributed by atoms with Crippen molar-refractivity contribution in [2.24, 2.45) is 0 Å². The zero-order valence-corrected chi connectivity index (χ0v) is 19.8. The second kappa shape index (κ2) is 11.9. The summed E-state index contributed by atoms with van der Waals surface area (Å²) in [5, 5.41) is 56.1. The average Bonchev–Trinajstić information content (AvgIpc) is 2.87. The molecule has 2 aliphatic heterocycles. The van der Waals surface area contributed by atoms with Crippen molar-refractivity contribution in [2.45, 2.75) is 75.2 Å². The topological polar surface area (TPSA) is 167 Å². The molecule has 2 aliphatic rings. The third-order valence-electron chi connectivity index (χ3n) is 6.45. The van der Waals surface area contributed by atoms with Gasteiger partial charge in [-0.25, -0.2) is 0 Å². The lowest BCUT2D eigenvalue weighted by Gasteiger charge is -2.46. The average molecular weight is 508 g/mol. The fourth-order valence-corrected chi connectivity index (χ4v) is 4.57. The fraction of sp³-hybridized carbons (Fsp3) is 0.560. The zero-order chi connectivity index (χ0) is 25.8. The third-order valence-corrected chi connectivity index (χ3v) is 6.45. The van der Waals surface area contributed by atoms with Gasteiger partial charge in [-0.2, -0.15) is 0 Å². The molecule has 36 heavy (non-hydrogen) atoms. The number of aliphatic hydroxyl groups excluding tert-OH is 5. The van der Waals surface area contributed by atoms with Crippen molar-refractivity contribution >= 4 is 16.7 Å².